The van der Waals surface area contributed by atoms with Crippen LogP contribution >= 0.6 is 35.6 Å². The number of aliphatic imine (C=N–C) groups is 1. The number of hydrogen-bond acceptors (Lipinski definition) is 2. The van der Waals surface area contributed by atoms with Gasteiger partial charge in [-0.15, -0.1) is 24.0 Å². The summed E-state index contributed by atoms with van der Waals surface area (Å²) in [4.78, 5) is 16.5. The molecule has 1 aliphatic rings. The van der Waals surface area contributed by atoms with E-state index in [4.69, 9.17) is 11.6 Å². The fraction of sp³-hybridized carbons (Fsp3) is 0.500. The van der Waals surface area contributed by atoms with Gasteiger partial charge in [-0.05, 0) is 37.8 Å². The van der Waals surface area contributed by atoms with Crippen molar-refractivity contribution in [2.45, 2.75) is 19.8 Å². The summed E-state index contributed by atoms with van der Waals surface area (Å²) in [7, 11) is 0. The highest BCUT2D eigenvalue weighted by Crippen LogP contribution is 2.28. The van der Waals surface area contributed by atoms with E-state index >= 15 is 0 Å². The molecule has 1 aromatic rings. The molecule has 5 nitrogen and oxygen atoms in total. The summed E-state index contributed by atoms with van der Waals surface area (Å²) in [5.74, 6) is 1.41. The number of nitrogens with zero attached hydrogens (tertiary/aromatic N) is 1. The highest BCUT2D eigenvalue weighted by atomic mass is 127. The van der Waals surface area contributed by atoms with E-state index in [9.17, 15) is 4.79 Å². The van der Waals surface area contributed by atoms with Gasteiger partial charge in [-0.1, -0.05) is 23.7 Å². The molecule has 1 aliphatic carbocycles. The highest BCUT2D eigenvalue weighted by Gasteiger charge is 2.20. The molecule has 1 fully saturated rings. The fourth-order valence-corrected chi connectivity index (χ4v) is 2.18. The Bertz CT molecular complexity index is 535. The van der Waals surface area contributed by atoms with E-state index in [1.165, 1.54) is 12.8 Å². The third-order valence-electron chi connectivity index (χ3n) is 3.37. The smallest absolute Gasteiger partial charge is 0.252 e. The zero-order valence-electron chi connectivity index (χ0n) is 13.3. The first kappa shape index (κ1) is 20.0. The van der Waals surface area contributed by atoms with Gasteiger partial charge in [-0.3, -0.25) is 9.79 Å². The Morgan fingerprint density at radius 3 is 2.57 bits per heavy atom. The third-order valence-corrected chi connectivity index (χ3v) is 3.70. The standard InChI is InChI=1S/C16H23ClN4O.HI/c1-2-18-16(21-11-12-7-8-12)20-10-9-19-15(22)13-5-3-4-6-14(13)17;/h3-6,12H,2,7-11H2,1H3,(H,19,22)(H2,18,20,21);1H. The van der Waals surface area contributed by atoms with Gasteiger partial charge >= 0.3 is 0 Å². The van der Waals surface area contributed by atoms with Crippen LogP contribution in [0.4, 0.5) is 0 Å². The summed E-state index contributed by atoms with van der Waals surface area (Å²) < 4.78 is 0. The molecule has 0 radical (unpaired) electrons. The normalized spacial score (nSPS) is 13.9. The van der Waals surface area contributed by atoms with Crippen LogP contribution in [0.15, 0.2) is 29.3 Å². The van der Waals surface area contributed by atoms with Crippen LogP contribution in [-0.2, 0) is 0 Å². The van der Waals surface area contributed by atoms with Crippen LogP contribution in [0.3, 0.4) is 0 Å². The molecule has 0 spiro atoms. The van der Waals surface area contributed by atoms with Crippen LogP contribution in [0, 0.1) is 5.92 Å². The number of halogens is 2. The quantitative estimate of drug-likeness (QED) is 0.259. The molecule has 128 valence electrons. The van der Waals surface area contributed by atoms with Gasteiger partial charge < -0.3 is 16.0 Å². The maximum atomic E-state index is 12.0. The maximum Gasteiger partial charge on any atom is 0.252 e. The second-order valence-electron chi connectivity index (χ2n) is 5.33. The van der Waals surface area contributed by atoms with Crippen molar-refractivity contribution in [1.82, 2.24) is 16.0 Å². The third kappa shape index (κ3) is 7.39. The maximum absolute atomic E-state index is 12.0. The van der Waals surface area contributed by atoms with Crippen molar-refractivity contribution in [2.24, 2.45) is 10.9 Å². The average molecular weight is 451 g/mol. The first-order valence-corrected chi connectivity index (χ1v) is 8.13. The molecule has 0 saturated heterocycles. The zero-order chi connectivity index (χ0) is 15.8. The predicted molar refractivity (Wildman–Crippen MR) is 106 cm³/mol. The fourth-order valence-electron chi connectivity index (χ4n) is 1.96. The van der Waals surface area contributed by atoms with Gasteiger partial charge in [0.2, 0.25) is 0 Å². The SMILES string of the molecule is CCNC(=NCC1CC1)NCCNC(=O)c1ccccc1Cl.I. The Morgan fingerprint density at radius 2 is 1.91 bits per heavy atom. The van der Waals surface area contributed by atoms with Crippen LogP contribution in [0.2, 0.25) is 5.02 Å². The Balaban J connectivity index is 0.00000264. The lowest BCUT2D eigenvalue weighted by atomic mass is 10.2. The van der Waals surface area contributed by atoms with Gasteiger partial charge in [0.25, 0.3) is 5.91 Å². The molecule has 0 heterocycles. The minimum absolute atomic E-state index is 0. The Hall–Kier alpha value is -1.02. The second-order valence-corrected chi connectivity index (χ2v) is 5.73. The van der Waals surface area contributed by atoms with Gasteiger partial charge in [0.05, 0.1) is 10.6 Å². The first-order chi connectivity index (χ1) is 10.7. The van der Waals surface area contributed by atoms with Crippen LogP contribution in [0.5, 0.6) is 0 Å². The summed E-state index contributed by atoms with van der Waals surface area (Å²) >= 11 is 5.99. The lowest BCUT2D eigenvalue weighted by molar-refractivity contribution is 0.0954. The van der Waals surface area contributed by atoms with E-state index in [0.717, 1.165) is 25.0 Å². The second kappa shape index (κ2) is 10.7. The van der Waals surface area contributed by atoms with Crippen molar-refractivity contribution < 1.29 is 4.79 Å². The van der Waals surface area contributed by atoms with Crippen LogP contribution < -0.4 is 16.0 Å². The minimum Gasteiger partial charge on any atom is -0.357 e. The highest BCUT2D eigenvalue weighted by molar-refractivity contribution is 14.0. The number of benzene rings is 1. The van der Waals surface area contributed by atoms with Crippen LogP contribution in [-0.4, -0.2) is 38.0 Å². The van der Waals surface area contributed by atoms with E-state index in [1.54, 1.807) is 24.3 Å². The lowest BCUT2D eigenvalue weighted by Crippen LogP contribution is -2.41. The van der Waals surface area contributed by atoms with Gasteiger partial charge in [-0.2, -0.15) is 0 Å². The molecule has 2 rings (SSSR count). The number of carbonyl (C=O) groups excluding carboxylic acids is 1. The molecule has 0 unspecified atom stereocenters. The topological polar surface area (TPSA) is 65.5 Å². The van der Waals surface area contributed by atoms with Gasteiger partial charge in [-0.25, -0.2) is 0 Å². The Labute approximate surface area is 159 Å². The molecule has 0 bridgehead atoms. The van der Waals surface area contributed by atoms with Crippen molar-refractivity contribution in [1.29, 1.82) is 0 Å². The molecule has 0 atom stereocenters. The van der Waals surface area contributed by atoms with Gasteiger partial charge in [0, 0.05) is 26.2 Å². The molecule has 23 heavy (non-hydrogen) atoms. The number of guanidine groups is 1. The first-order valence-electron chi connectivity index (χ1n) is 7.75. The van der Waals surface area contributed by atoms with E-state index < -0.39 is 0 Å². The van der Waals surface area contributed by atoms with Crippen molar-refractivity contribution in [3.8, 4) is 0 Å². The molecule has 0 aliphatic heterocycles. The molecular weight excluding hydrogens is 427 g/mol. The van der Waals surface area contributed by atoms with Crippen molar-refractivity contribution in [3.05, 3.63) is 34.9 Å². The zero-order valence-corrected chi connectivity index (χ0v) is 16.4. The van der Waals surface area contributed by atoms with Crippen LogP contribution in [0.1, 0.15) is 30.1 Å². The summed E-state index contributed by atoms with van der Waals surface area (Å²) in [5.41, 5.74) is 0.499. The number of hydrogen-bond donors (Lipinski definition) is 3. The molecule has 3 N–H and O–H groups in total. The van der Waals surface area contributed by atoms with Crippen molar-refractivity contribution in [2.75, 3.05) is 26.2 Å². The Kier molecular flexibility index (Phi) is 9.31. The summed E-state index contributed by atoms with van der Waals surface area (Å²) in [6.45, 7) is 4.86. The van der Waals surface area contributed by atoms with Crippen molar-refractivity contribution in [3.63, 3.8) is 0 Å². The monoisotopic (exact) mass is 450 g/mol. The molecule has 7 heteroatoms. The molecular formula is C16H24ClIN4O. The summed E-state index contributed by atoms with van der Waals surface area (Å²) in [5, 5.41) is 9.73. The van der Waals surface area contributed by atoms with Crippen molar-refractivity contribution >= 4 is 47.4 Å². The number of amides is 1. The summed E-state index contributed by atoms with van der Waals surface area (Å²) in [6.07, 6.45) is 2.58. The van der Waals surface area contributed by atoms with E-state index in [1.807, 2.05) is 6.92 Å². The molecule has 1 saturated carbocycles. The lowest BCUT2D eigenvalue weighted by Gasteiger charge is -2.12. The molecule has 1 aromatic carbocycles. The minimum atomic E-state index is -0.160. The van der Waals surface area contributed by atoms with Crippen LogP contribution in [0.25, 0.3) is 0 Å². The summed E-state index contributed by atoms with van der Waals surface area (Å²) in [6, 6.07) is 7.03. The average Bonchev–Trinajstić information content (AvgIpc) is 3.33. The van der Waals surface area contributed by atoms with Gasteiger partial charge in [0.1, 0.15) is 0 Å². The predicted octanol–water partition coefficient (Wildman–Crippen LogP) is 2.65. The number of nitrogens with one attached hydrogen (secondary N) is 3. The number of carbonyl (C=O) groups is 1. The molecule has 0 aromatic heterocycles. The molecule has 1 amide bonds. The largest absolute Gasteiger partial charge is 0.357 e. The van der Waals surface area contributed by atoms with E-state index in [-0.39, 0.29) is 29.9 Å². The number of rotatable bonds is 7. The van der Waals surface area contributed by atoms with E-state index in [0.29, 0.717) is 23.7 Å². The Morgan fingerprint density at radius 1 is 1.22 bits per heavy atom. The van der Waals surface area contributed by atoms with Gasteiger partial charge in [0.15, 0.2) is 5.96 Å². The van der Waals surface area contributed by atoms with E-state index in [2.05, 4.69) is 20.9 Å².